The first-order valence-corrected chi connectivity index (χ1v) is 8.36. The van der Waals surface area contributed by atoms with Gasteiger partial charge in [0.05, 0.1) is 8.95 Å². The fourth-order valence-electron chi connectivity index (χ4n) is 1.64. The van der Waals surface area contributed by atoms with Crippen molar-refractivity contribution in [1.29, 1.82) is 0 Å². The van der Waals surface area contributed by atoms with Crippen LogP contribution in [0.1, 0.15) is 18.9 Å². The molecule has 0 aliphatic heterocycles. The second kappa shape index (κ2) is 9.97. The van der Waals surface area contributed by atoms with Crippen LogP contribution >= 0.6 is 31.9 Å². The lowest BCUT2D eigenvalue weighted by molar-refractivity contribution is -0.122. The summed E-state index contributed by atoms with van der Waals surface area (Å²) < 4.78 is 7.19. The number of hydrogen-bond donors (Lipinski definition) is 2. The zero-order valence-electron chi connectivity index (χ0n) is 12.0. The summed E-state index contributed by atoms with van der Waals surface area (Å²) in [4.78, 5) is 11.5. The Kier molecular flexibility index (Phi) is 8.64. The summed E-state index contributed by atoms with van der Waals surface area (Å²) in [5, 5.41) is 6.01. The van der Waals surface area contributed by atoms with Gasteiger partial charge in [0.15, 0.2) is 6.61 Å². The SMILES string of the molecule is C=CCNC(=O)COc1c(Br)cc(CNCCC)cc1Br. The van der Waals surface area contributed by atoms with Crippen molar-refractivity contribution in [3.63, 3.8) is 0 Å². The highest BCUT2D eigenvalue weighted by atomic mass is 79.9. The van der Waals surface area contributed by atoms with Crippen LogP contribution in [0.3, 0.4) is 0 Å². The first-order valence-electron chi connectivity index (χ1n) is 6.77. The van der Waals surface area contributed by atoms with Gasteiger partial charge in [-0.05, 0) is 62.5 Å². The van der Waals surface area contributed by atoms with Gasteiger partial charge in [-0.3, -0.25) is 4.79 Å². The minimum atomic E-state index is -0.178. The van der Waals surface area contributed by atoms with Gasteiger partial charge in [0, 0.05) is 13.1 Å². The molecule has 0 spiro atoms. The van der Waals surface area contributed by atoms with Crippen molar-refractivity contribution in [2.24, 2.45) is 0 Å². The minimum absolute atomic E-state index is 0.0293. The second-order valence-corrected chi connectivity index (χ2v) is 6.16. The Labute approximate surface area is 142 Å². The fourth-order valence-corrected chi connectivity index (χ4v) is 3.15. The van der Waals surface area contributed by atoms with Crippen LogP contribution in [0, 0.1) is 0 Å². The normalized spacial score (nSPS) is 10.2. The Morgan fingerprint density at radius 2 is 2.05 bits per heavy atom. The van der Waals surface area contributed by atoms with Crippen LogP contribution in [0.25, 0.3) is 0 Å². The molecule has 0 saturated carbocycles. The maximum absolute atomic E-state index is 11.5. The zero-order chi connectivity index (χ0) is 15.7. The Hall–Kier alpha value is -0.850. The van der Waals surface area contributed by atoms with E-state index in [0.717, 1.165) is 34.0 Å². The molecule has 0 atom stereocenters. The van der Waals surface area contributed by atoms with E-state index in [4.69, 9.17) is 4.74 Å². The molecular weight excluding hydrogens is 400 g/mol. The third-order valence-corrected chi connectivity index (χ3v) is 3.78. The number of hydrogen-bond acceptors (Lipinski definition) is 3. The fraction of sp³-hybridized carbons (Fsp3) is 0.400. The molecule has 1 aromatic rings. The predicted molar refractivity (Wildman–Crippen MR) is 92.5 cm³/mol. The molecule has 4 nitrogen and oxygen atoms in total. The lowest BCUT2D eigenvalue weighted by Crippen LogP contribution is -2.28. The van der Waals surface area contributed by atoms with Crippen LogP contribution in [0.4, 0.5) is 0 Å². The van der Waals surface area contributed by atoms with Crippen LogP contribution < -0.4 is 15.4 Å². The molecule has 0 radical (unpaired) electrons. The summed E-state index contributed by atoms with van der Waals surface area (Å²) in [7, 11) is 0. The van der Waals surface area contributed by atoms with Gasteiger partial charge in [-0.2, -0.15) is 0 Å². The predicted octanol–water partition coefficient (Wildman–Crippen LogP) is 3.39. The molecule has 1 rings (SSSR count). The first kappa shape index (κ1) is 18.2. The second-order valence-electron chi connectivity index (χ2n) is 4.45. The largest absolute Gasteiger partial charge is 0.481 e. The van der Waals surface area contributed by atoms with E-state index in [1.54, 1.807) is 6.08 Å². The van der Waals surface area contributed by atoms with E-state index >= 15 is 0 Å². The van der Waals surface area contributed by atoms with Crippen LogP contribution in [0.15, 0.2) is 33.7 Å². The summed E-state index contributed by atoms with van der Waals surface area (Å²) in [5.41, 5.74) is 1.14. The lowest BCUT2D eigenvalue weighted by Gasteiger charge is -2.12. The standard InChI is InChI=1S/C15H20Br2N2O2/c1-3-5-18-9-11-7-12(16)15(13(17)8-11)21-10-14(20)19-6-4-2/h4,7-8,18H,2-3,5-6,9-10H2,1H3,(H,19,20). The summed E-state index contributed by atoms with van der Waals surface area (Å²) in [6, 6.07) is 3.98. The van der Waals surface area contributed by atoms with Crippen molar-refractivity contribution in [3.05, 3.63) is 39.3 Å². The lowest BCUT2D eigenvalue weighted by atomic mass is 10.2. The molecule has 21 heavy (non-hydrogen) atoms. The van der Waals surface area contributed by atoms with Crippen LogP contribution in [-0.4, -0.2) is 25.6 Å². The third-order valence-electron chi connectivity index (χ3n) is 2.61. The van der Waals surface area contributed by atoms with Gasteiger partial charge < -0.3 is 15.4 Å². The van der Waals surface area contributed by atoms with Gasteiger partial charge in [-0.15, -0.1) is 6.58 Å². The van der Waals surface area contributed by atoms with Crippen molar-refractivity contribution in [2.45, 2.75) is 19.9 Å². The average molecular weight is 420 g/mol. The van der Waals surface area contributed by atoms with Crippen molar-refractivity contribution in [3.8, 4) is 5.75 Å². The number of carbonyl (C=O) groups excluding carboxylic acids is 1. The molecule has 6 heteroatoms. The number of halogens is 2. The molecule has 116 valence electrons. The molecule has 0 aliphatic rings. The molecule has 1 amide bonds. The Balaban J connectivity index is 2.62. The van der Waals surface area contributed by atoms with E-state index < -0.39 is 0 Å². The zero-order valence-corrected chi connectivity index (χ0v) is 15.2. The van der Waals surface area contributed by atoms with E-state index in [9.17, 15) is 4.79 Å². The number of carbonyl (C=O) groups is 1. The van der Waals surface area contributed by atoms with Gasteiger partial charge in [0.2, 0.25) is 0 Å². The van der Waals surface area contributed by atoms with Crippen molar-refractivity contribution < 1.29 is 9.53 Å². The molecule has 0 fully saturated rings. The number of benzene rings is 1. The smallest absolute Gasteiger partial charge is 0.258 e. The summed E-state index contributed by atoms with van der Waals surface area (Å²) in [6.45, 7) is 7.86. The number of amides is 1. The third kappa shape index (κ3) is 6.63. The van der Waals surface area contributed by atoms with Gasteiger partial charge in [-0.1, -0.05) is 13.0 Å². The van der Waals surface area contributed by atoms with Gasteiger partial charge >= 0.3 is 0 Å². The molecule has 1 aromatic carbocycles. The highest BCUT2D eigenvalue weighted by Crippen LogP contribution is 2.34. The molecule has 0 aromatic heterocycles. The molecule has 0 saturated heterocycles. The van der Waals surface area contributed by atoms with E-state index in [0.29, 0.717) is 12.3 Å². The highest BCUT2D eigenvalue weighted by molar-refractivity contribution is 9.11. The minimum Gasteiger partial charge on any atom is -0.481 e. The van der Waals surface area contributed by atoms with Gasteiger partial charge in [-0.25, -0.2) is 0 Å². The van der Waals surface area contributed by atoms with Crippen LogP contribution in [0.5, 0.6) is 5.75 Å². The number of nitrogens with one attached hydrogen (secondary N) is 2. The first-order chi connectivity index (χ1) is 10.1. The van der Waals surface area contributed by atoms with Crippen molar-refractivity contribution >= 4 is 37.8 Å². The molecule has 0 aliphatic carbocycles. The molecule has 0 heterocycles. The number of ether oxygens (including phenoxy) is 1. The summed E-state index contributed by atoms with van der Waals surface area (Å²) in [6.07, 6.45) is 2.73. The molecule has 2 N–H and O–H groups in total. The Morgan fingerprint density at radius 1 is 1.38 bits per heavy atom. The number of rotatable bonds is 9. The van der Waals surface area contributed by atoms with Gasteiger partial charge in [0.25, 0.3) is 5.91 Å². The quantitative estimate of drug-likeness (QED) is 0.476. The average Bonchev–Trinajstić information content (AvgIpc) is 2.44. The highest BCUT2D eigenvalue weighted by Gasteiger charge is 2.11. The van der Waals surface area contributed by atoms with E-state index in [2.05, 4.69) is 56.0 Å². The van der Waals surface area contributed by atoms with Crippen LogP contribution in [0.2, 0.25) is 0 Å². The maximum Gasteiger partial charge on any atom is 0.258 e. The monoisotopic (exact) mass is 418 g/mol. The Bertz CT molecular complexity index is 470. The molecule has 0 bridgehead atoms. The van der Waals surface area contributed by atoms with E-state index in [-0.39, 0.29) is 12.5 Å². The van der Waals surface area contributed by atoms with E-state index in [1.807, 2.05) is 12.1 Å². The maximum atomic E-state index is 11.5. The van der Waals surface area contributed by atoms with Gasteiger partial charge in [0.1, 0.15) is 5.75 Å². The summed E-state index contributed by atoms with van der Waals surface area (Å²) >= 11 is 6.96. The molecular formula is C15H20Br2N2O2. The van der Waals surface area contributed by atoms with Crippen molar-refractivity contribution in [1.82, 2.24) is 10.6 Å². The van der Waals surface area contributed by atoms with Crippen LogP contribution in [-0.2, 0) is 11.3 Å². The summed E-state index contributed by atoms with van der Waals surface area (Å²) in [5.74, 6) is 0.449. The van der Waals surface area contributed by atoms with Crippen molar-refractivity contribution in [2.75, 3.05) is 19.7 Å². The Morgan fingerprint density at radius 3 is 2.62 bits per heavy atom. The molecule has 0 unspecified atom stereocenters. The topological polar surface area (TPSA) is 50.4 Å². The van der Waals surface area contributed by atoms with E-state index in [1.165, 1.54) is 0 Å².